The Morgan fingerprint density at radius 3 is 3.14 bits per heavy atom. The Balaban J connectivity index is 1.54. The van der Waals surface area contributed by atoms with Crippen LogP contribution in [0.25, 0.3) is 5.82 Å². The number of carbonyl (C=O) groups is 1. The third kappa shape index (κ3) is 3.71. The van der Waals surface area contributed by atoms with Crippen molar-refractivity contribution in [2.24, 2.45) is 0 Å². The Labute approximate surface area is 129 Å². The molecule has 0 aliphatic carbocycles. The van der Waals surface area contributed by atoms with Crippen LogP contribution in [0.3, 0.4) is 0 Å². The van der Waals surface area contributed by atoms with Gasteiger partial charge in [-0.3, -0.25) is 4.79 Å². The van der Waals surface area contributed by atoms with Crippen molar-refractivity contribution in [2.45, 2.75) is 38.3 Å². The molecule has 22 heavy (non-hydrogen) atoms. The SMILES string of the molecule is O=C(CC[C@@H]1CCCO1)NCc1cccnc1-n1cccn1. The minimum absolute atomic E-state index is 0.0470. The molecule has 1 atom stereocenters. The molecule has 6 heteroatoms. The quantitative estimate of drug-likeness (QED) is 0.884. The van der Waals surface area contributed by atoms with E-state index in [1.165, 1.54) is 0 Å². The first-order valence-electron chi connectivity index (χ1n) is 7.65. The Kier molecular flexibility index (Phi) is 4.80. The second kappa shape index (κ2) is 7.17. The Bertz CT molecular complexity index is 606. The molecule has 1 amide bonds. The van der Waals surface area contributed by atoms with Crippen LogP contribution in [0.4, 0.5) is 0 Å². The maximum Gasteiger partial charge on any atom is 0.220 e. The summed E-state index contributed by atoms with van der Waals surface area (Å²) in [7, 11) is 0. The molecule has 1 aliphatic heterocycles. The van der Waals surface area contributed by atoms with Crippen LogP contribution in [0, 0.1) is 0 Å². The zero-order valence-corrected chi connectivity index (χ0v) is 12.4. The van der Waals surface area contributed by atoms with Gasteiger partial charge in [-0.15, -0.1) is 0 Å². The van der Waals surface area contributed by atoms with Crippen LogP contribution in [0.2, 0.25) is 0 Å². The molecule has 3 heterocycles. The van der Waals surface area contributed by atoms with Crippen molar-refractivity contribution in [2.75, 3.05) is 6.61 Å². The lowest BCUT2D eigenvalue weighted by atomic mass is 10.1. The summed E-state index contributed by atoms with van der Waals surface area (Å²) in [4.78, 5) is 16.3. The third-order valence-electron chi connectivity index (χ3n) is 3.78. The van der Waals surface area contributed by atoms with Gasteiger partial charge >= 0.3 is 0 Å². The van der Waals surface area contributed by atoms with Gasteiger partial charge in [0.25, 0.3) is 0 Å². The second-order valence-corrected chi connectivity index (χ2v) is 5.39. The zero-order valence-electron chi connectivity index (χ0n) is 12.4. The van der Waals surface area contributed by atoms with Gasteiger partial charge in [0.1, 0.15) is 0 Å². The van der Waals surface area contributed by atoms with Gasteiger partial charge in [-0.05, 0) is 31.4 Å². The third-order valence-corrected chi connectivity index (χ3v) is 3.78. The molecule has 3 rings (SSSR count). The molecule has 2 aromatic heterocycles. The fraction of sp³-hybridized carbons (Fsp3) is 0.438. The van der Waals surface area contributed by atoms with E-state index in [0.717, 1.165) is 37.3 Å². The molecule has 0 unspecified atom stereocenters. The van der Waals surface area contributed by atoms with Crippen molar-refractivity contribution in [3.8, 4) is 5.82 Å². The predicted octanol–water partition coefficient (Wildman–Crippen LogP) is 1.84. The summed E-state index contributed by atoms with van der Waals surface area (Å²) in [5, 5.41) is 7.14. The van der Waals surface area contributed by atoms with Crippen molar-refractivity contribution in [3.05, 3.63) is 42.4 Å². The van der Waals surface area contributed by atoms with E-state index in [2.05, 4.69) is 15.4 Å². The van der Waals surface area contributed by atoms with Gasteiger partial charge in [0.2, 0.25) is 5.91 Å². The lowest BCUT2D eigenvalue weighted by Gasteiger charge is -2.11. The maximum atomic E-state index is 12.0. The van der Waals surface area contributed by atoms with E-state index in [1.807, 2.05) is 24.4 Å². The van der Waals surface area contributed by atoms with E-state index in [4.69, 9.17) is 4.74 Å². The molecular formula is C16H20N4O2. The lowest BCUT2D eigenvalue weighted by Crippen LogP contribution is -2.24. The van der Waals surface area contributed by atoms with E-state index in [1.54, 1.807) is 17.1 Å². The smallest absolute Gasteiger partial charge is 0.220 e. The number of carbonyl (C=O) groups excluding carboxylic acids is 1. The highest BCUT2D eigenvalue weighted by molar-refractivity contribution is 5.75. The van der Waals surface area contributed by atoms with Crippen molar-refractivity contribution in [1.82, 2.24) is 20.1 Å². The molecule has 6 nitrogen and oxygen atoms in total. The second-order valence-electron chi connectivity index (χ2n) is 5.39. The highest BCUT2D eigenvalue weighted by Gasteiger charge is 2.16. The van der Waals surface area contributed by atoms with Crippen LogP contribution in [-0.2, 0) is 16.1 Å². The van der Waals surface area contributed by atoms with Crippen molar-refractivity contribution >= 4 is 5.91 Å². The van der Waals surface area contributed by atoms with Gasteiger partial charge in [0.15, 0.2) is 5.82 Å². The Morgan fingerprint density at radius 2 is 2.36 bits per heavy atom. The van der Waals surface area contributed by atoms with Crippen molar-refractivity contribution in [1.29, 1.82) is 0 Å². The Hall–Kier alpha value is -2.21. The van der Waals surface area contributed by atoms with Gasteiger partial charge in [-0.2, -0.15) is 5.10 Å². The molecule has 0 radical (unpaired) electrons. The molecule has 1 aliphatic rings. The number of ether oxygens (including phenoxy) is 1. The molecule has 0 spiro atoms. The van der Waals surface area contributed by atoms with Crippen LogP contribution in [0.15, 0.2) is 36.8 Å². The molecule has 1 fully saturated rings. The van der Waals surface area contributed by atoms with E-state index in [0.29, 0.717) is 13.0 Å². The number of pyridine rings is 1. The monoisotopic (exact) mass is 300 g/mol. The maximum absolute atomic E-state index is 12.0. The number of nitrogens with one attached hydrogen (secondary N) is 1. The van der Waals surface area contributed by atoms with Crippen molar-refractivity contribution in [3.63, 3.8) is 0 Å². The topological polar surface area (TPSA) is 69.0 Å². The summed E-state index contributed by atoms with van der Waals surface area (Å²) >= 11 is 0. The number of hydrogen-bond acceptors (Lipinski definition) is 4. The summed E-state index contributed by atoms with van der Waals surface area (Å²) in [6.45, 7) is 1.28. The van der Waals surface area contributed by atoms with Crippen molar-refractivity contribution < 1.29 is 9.53 Å². The van der Waals surface area contributed by atoms with Crippen LogP contribution in [0.1, 0.15) is 31.2 Å². The summed E-state index contributed by atoms with van der Waals surface area (Å²) in [5.41, 5.74) is 0.941. The average molecular weight is 300 g/mol. The fourth-order valence-electron chi connectivity index (χ4n) is 2.61. The van der Waals surface area contributed by atoms with Gasteiger partial charge in [-0.1, -0.05) is 6.07 Å². The fourth-order valence-corrected chi connectivity index (χ4v) is 2.61. The van der Waals surface area contributed by atoms with E-state index < -0.39 is 0 Å². The normalized spacial score (nSPS) is 17.5. The van der Waals surface area contributed by atoms with Crippen LogP contribution in [-0.4, -0.2) is 33.4 Å². The molecule has 1 saturated heterocycles. The zero-order chi connectivity index (χ0) is 15.2. The number of amides is 1. The summed E-state index contributed by atoms with van der Waals surface area (Å²) in [6, 6.07) is 5.66. The summed E-state index contributed by atoms with van der Waals surface area (Å²) in [6.07, 6.45) is 8.99. The van der Waals surface area contributed by atoms with Crippen LogP contribution < -0.4 is 5.32 Å². The molecule has 0 saturated carbocycles. The molecule has 0 aromatic carbocycles. The van der Waals surface area contributed by atoms with Gasteiger partial charge in [-0.25, -0.2) is 9.67 Å². The Morgan fingerprint density at radius 1 is 1.41 bits per heavy atom. The van der Waals surface area contributed by atoms with E-state index in [9.17, 15) is 4.79 Å². The van der Waals surface area contributed by atoms with E-state index >= 15 is 0 Å². The summed E-state index contributed by atoms with van der Waals surface area (Å²) in [5.74, 6) is 0.790. The molecule has 2 aromatic rings. The number of rotatable bonds is 6. The van der Waals surface area contributed by atoms with Gasteiger partial charge in [0.05, 0.1) is 6.10 Å². The number of aromatic nitrogens is 3. The lowest BCUT2D eigenvalue weighted by molar-refractivity contribution is -0.121. The van der Waals surface area contributed by atoms with E-state index in [-0.39, 0.29) is 12.0 Å². The minimum Gasteiger partial charge on any atom is -0.378 e. The largest absolute Gasteiger partial charge is 0.378 e. The molecular weight excluding hydrogens is 280 g/mol. The first-order valence-corrected chi connectivity index (χ1v) is 7.65. The highest BCUT2D eigenvalue weighted by Crippen LogP contribution is 2.16. The standard InChI is InChI=1S/C16H20N4O2/c21-15(7-6-14-5-2-11-22-14)18-12-13-4-1-8-17-16(13)20-10-3-9-19-20/h1,3-4,8-10,14H,2,5-7,11-12H2,(H,18,21)/t14-/m0/s1. The van der Waals surface area contributed by atoms with Gasteiger partial charge < -0.3 is 10.1 Å². The highest BCUT2D eigenvalue weighted by atomic mass is 16.5. The summed E-state index contributed by atoms with van der Waals surface area (Å²) < 4.78 is 7.23. The molecule has 116 valence electrons. The molecule has 1 N–H and O–H groups in total. The first kappa shape index (κ1) is 14.7. The first-order chi connectivity index (χ1) is 10.8. The predicted molar refractivity (Wildman–Crippen MR) is 81.4 cm³/mol. The number of hydrogen-bond donors (Lipinski definition) is 1. The average Bonchev–Trinajstić information content (AvgIpc) is 3.24. The van der Waals surface area contributed by atoms with Crippen LogP contribution in [0.5, 0.6) is 0 Å². The molecule has 0 bridgehead atoms. The van der Waals surface area contributed by atoms with Crippen LogP contribution >= 0.6 is 0 Å². The minimum atomic E-state index is 0.0470. The van der Waals surface area contributed by atoms with Gasteiger partial charge in [0, 0.05) is 43.7 Å². The number of nitrogens with zero attached hydrogens (tertiary/aromatic N) is 3.